The van der Waals surface area contributed by atoms with Gasteiger partial charge in [0.1, 0.15) is 0 Å². The highest BCUT2D eigenvalue weighted by atomic mass is 32.2. The van der Waals surface area contributed by atoms with E-state index in [0.29, 0.717) is 25.9 Å². The molecule has 1 heterocycles. The molecule has 1 aliphatic rings. The van der Waals surface area contributed by atoms with Gasteiger partial charge in [-0.05, 0) is 26.7 Å². The molecule has 5 heteroatoms. The Balaban J connectivity index is 2.65. The second-order valence-electron chi connectivity index (χ2n) is 6.38. The molecule has 106 valence electrons. The molecule has 4 nitrogen and oxygen atoms in total. The topological polar surface area (TPSA) is 54.5 Å². The van der Waals surface area contributed by atoms with Crippen LogP contribution in [0, 0.1) is 5.41 Å². The molecule has 0 radical (unpaired) electrons. The maximum absolute atomic E-state index is 12.1. The molecular formula is C13H25NO3S. The molecule has 0 N–H and O–H groups in total. The first-order valence-electron chi connectivity index (χ1n) is 6.59. The molecule has 0 aromatic carbocycles. The van der Waals surface area contributed by atoms with Crippen LogP contribution in [0.3, 0.4) is 0 Å². The van der Waals surface area contributed by atoms with Gasteiger partial charge < -0.3 is 4.90 Å². The highest BCUT2D eigenvalue weighted by Gasteiger charge is 2.35. The Morgan fingerprint density at radius 1 is 1.17 bits per heavy atom. The summed E-state index contributed by atoms with van der Waals surface area (Å²) in [5, 5.41) is -0.603. The molecule has 1 saturated heterocycles. The van der Waals surface area contributed by atoms with Crippen molar-refractivity contribution in [2.45, 2.75) is 58.0 Å². The normalized spacial score (nSPS) is 19.3. The number of likely N-dealkylation sites (tertiary alicyclic amines) is 1. The van der Waals surface area contributed by atoms with Crippen LogP contribution in [0.15, 0.2) is 0 Å². The van der Waals surface area contributed by atoms with Gasteiger partial charge in [-0.1, -0.05) is 20.8 Å². The molecular weight excluding hydrogens is 250 g/mol. The van der Waals surface area contributed by atoms with E-state index in [1.807, 2.05) is 20.8 Å². The van der Waals surface area contributed by atoms with E-state index in [4.69, 9.17) is 0 Å². The van der Waals surface area contributed by atoms with E-state index in [1.165, 1.54) is 0 Å². The van der Waals surface area contributed by atoms with Crippen molar-refractivity contribution in [1.29, 1.82) is 0 Å². The summed E-state index contributed by atoms with van der Waals surface area (Å²) in [6.07, 6.45) is 1.14. The van der Waals surface area contributed by atoms with Crippen LogP contribution in [0.1, 0.15) is 47.5 Å². The maximum Gasteiger partial charge on any atom is 0.227 e. The fourth-order valence-corrected chi connectivity index (χ4v) is 3.88. The number of nitrogens with zero attached hydrogens (tertiary/aromatic N) is 1. The average Bonchev–Trinajstić information content (AvgIpc) is 2.26. The second-order valence-corrected chi connectivity index (χ2v) is 9.17. The van der Waals surface area contributed by atoms with Gasteiger partial charge in [-0.2, -0.15) is 0 Å². The lowest BCUT2D eigenvalue weighted by Crippen LogP contribution is -2.47. The number of carbonyl (C=O) groups is 1. The van der Waals surface area contributed by atoms with E-state index in [1.54, 1.807) is 18.7 Å². The van der Waals surface area contributed by atoms with Crippen LogP contribution in [0.25, 0.3) is 0 Å². The van der Waals surface area contributed by atoms with Crippen LogP contribution in [-0.4, -0.2) is 42.8 Å². The molecule has 0 atom stereocenters. The van der Waals surface area contributed by atoms with Gasteiger partial charge in [-0.25, -0.2) is 8.42 Å². The predicted octanol–water partition coefficient (Wildman–Crippen LogP) is 1.85. The van der Waals surface area contributed by atoms with Gasteiger partial charge in [0.15, 0.2) is 9.84 Å². The van der Waals surface area contributed by atoms with Crippen LogP contribution in [0.2, 0.25) is 0 Å². The van der Waals surface area contributed by atoms with Crippen molar-refractivity contribution in [2.75, 3.05) is 13.1 Å². The molecule has 18 heavy (non-hydrogen) atoms. The van der Waals surface area contributed by atoms with Gasteiger partial charge in [0.2, 0.25) is 5.91 Å². The third-order valence-electron chi connectivity index (χ3n) is 3.49. The largest absolute Gasteiger partial charge is 0.342 e. The first kappa shape index (κ1) is 15.5. The number of sulfone groups is 1. The molecule has 0 aromatic rings. The Labute approximate surface area is 111 Å². The molecule has 0 spiro atoms. The summed E-state index contributed by atoms with van der Waals surface area (Å²) in [5.74, 6) is 0.114. The van der Waals surface area contributed by atoms with Crippen molar-refractivity contribution in [1.82, 2.24) is 4.90 Å². The zero-order chi connectivity index (χ0) is 14.1. The highest BCUT2D eigenvalue weighted by molar-refractivity contribution is 7.92. The van der Waals surface area contributed by atoms with Crippen LogP contribution in [0.4, 0.5) is 0 Å². The molecule has 0 unspecified atom stereocenters. The van der Waals surface area contributed by atoms with Gasteiger partial charge in [-0.3, -0.25) is 4.79 Å². The lowest BCUT2D eigenvalue weighted by molar-refractivity contribution is -0.140. The van der Waals surface area contributed by atoms with Gasteiger partial charge in [-0.15, -0.1) is 0 Å². The van der Waals surface area contributed by atoms with Crippen molar-refractivity contribution in [2.24, 2.45) is 5.41 Å². The number of piperidine rings is 1. The first-order valence-corrected chi connectivity index (χ1v) is 8.20. The van der Waals surface area contributed by atoms with Gasteiger partial charge in [0.05, 0.1) is 10.5 Å². The Morgan fingerprint density at radius 3 is 1.94 bits per heavy atom. The van der Waals surface area contributed by atoms with Crippen molar-refractivity contribution in [3.63, 3.8) is 0 Å². The Bertz CT molecular complexity index is 398. The lowest BCUT2D eigenvalue weighted by Gasteiger charge is -2.36. The van der Waals surface area contributed by atoms with Crippen molar-refractivity contribution in [3.05, 3.63) is 0 Å². The van der Waals surface area contributed by atoms with Crippen LogP contribution >= 0.6 is 0 Å². The number of amides is 1. The van der Waals surface area contributed by atoms with Gasteiger partial charge >= 0.3 is 0 Å². The predicted molar refractivity (Wildman–Crippen MR) is 73.1 cm³/mol. The number of hydrogen-bond acceptors (Lipinski definition) is 3. The first-order chi connectivity index (χ1) is 8.06. The van der Waals surface area contributed by atoms with E-state index in [0.717, 1.165) is 0 Å². The monoisotopic (exact) mass is 275 g/mol. The average molecular weight is 275 g/mol. The zero-order valence-electron chi connectivity index (χ0n) is 12.1. The van der Waals surface area contributed by atoms with E-state index in [9.17, 15) is 13.2 Å². The van der Waals surface area contributed by atoms with E-state index in [-0.39, 0.29) is 21.8 Å². The minimum Gasteiger partial charge on any atom is -0.342 e. The van der Waals surface area contributed by atoms with Gasteiger partial charge in [0.25, 0.3) is 0 Å². The molecule has 1 fully saturated rings. The molecule has 0 bridgehead atoms. The standard InChI is InChI=1S/C13H25NO3S/c1-10(2)18(16,17)11-6-8-14(9-7-11)12(15)13(3,4)5/h10-11H,6-9H2,1-5H3. The molecule has 1 amide bonds. The number of carbonyl (C=O) groups excluding carboxylic acids is 1. The van der Waals surface area contributed by atoms with E-state index in [2.05, 4.69) is 0 Å². The smallest absolute Gasteiger partial charge is 0.227 e. The zero-order valence-corrected chi connectivity index (χ0v) is 12.9. The summed E-state index contributed by atoms with van der Waals surface area (Å²) in [6, 6.07) is 0. The fourth-order valence-electron chi connectivity index (χ4n) is 2.25. The van der Waals surface area contributed by atoms with E-state index < -0.39 is 9.84 Å². The summed E-state index contributed by atoms with van der Waals surface area (Å²) in [4.78, 5) is 13.9. The number of hydrogen-bond donors (Lipinski definition) is 0. The minimum absolute atomic E-state index is 0.114. The summed E-state index contributed by atoms with van der Waals surface area (Å²) >= 11 is 0. The molecule has 1 aliphatic heterocycles. The van der Waals surface area contributed by atoms with Crippen molar-refractivity contribution >= 4 is 15.7 Å². The fraction of sp³-hybridized carbons (Fsp3) is 0.923. The highest BCUT2D eigenvalue weighted by Crippen LogP contribution is 2.25. The third-order valence-corrected chi connectivity index (χ3v) is 6.21. The quantitative estimate of drug-likeness (QED) is 0.773. The number of rotatable bonds is 2. The van der Waals surface area contributed by atoms with E-state index >= 15 is 0 Å². The Morgan fingerprint density at radius 2 is 1.61 bits per heavy atom. The summed E-state index contributed by atoms with van der Waals surface area (Å²) in [7, 11) is -3.02. The minimum atomic E-state index is -3.02. The van der Waals surface area contributed by atoms with Gasteiger partial charge in [0, 0.05) is 18.5 Å². The molecule has 1 rings (SSSR count). The van der Waals surface area contributed by atoms with Crippen molar-refractivity contribution in [3.8, 4) is 0 Å². The Kier molecular flexibility index (Phi) is 4.47. The van der Waals surface area contributed by atoms with Crippen molar-refractivity contribution < 1.29 is 13.2 Å². The van der Waals surface area contributed by atoms with Crippen LogP contribution < -0.4 is 0 Å². The summed E-state index contributed by atoms with van der Waals surface area (Å²) in [6.45, 7) is 10.3. The summed E-state index contributed by atoms with van der Waals surface area (Å²) < 4.78 is 24.1. The SMILES string of the molecule is CC(C)S(=O)(=O)C1CCN(C(=O)C(C)(C)C)CC1. The van der Waals surface area contributed by atoms with Crippen LogP contribution in [-0.2, 0) is 14.6 Å². The summed E-state index contributed by atoms with van der Waals surface area (Å²) in [5.41, 5.74) is -0.385. The maximum atomic E-state index is 12.1. The molecule has 0 aromatic heterocycles. The second kappa shape index (κ2) is 5.19. The lowest BCUT2D eigenvalue weighted by atomic mass is 9.93. The third kappa shape index (κ3) is 3.25. The molecule has 0 saturated carbocycles. The van der Waals surface area contributed by atoms with Crippen LogP contribution in [0.5, 0.6) is 0 Å². The Hall–Kier alpha value is -0.580. The molecule has 0 aliphatic carbocycles.